The Labute approximate surface area is 144 Å². The maximum Gasteiger partial charge on any atom is 0.224 e. The van der Waals surface area contributed by atoms with Crippen molar-refractivity contribution in [3.63, 3.8) is 0 Å². The number of nitrogens with one attached hydrogen (secondary N) is 1. The van der Waals surface area contributed by atoms with Crippen molar-refractivity contribution < 1.29 is 13.9 Å². The van der Waals surface area contributed by atoms with Gasteiger partial charge < -0.3 is 10.1 Å². The number of amides is 1. The van der Waals surface area contributed by atoms with E-state index in [4.69, 9.17) is 4.74 Å². The van der Waals surface area contributed by atoms with E-state index in [1.165, 1.54) is 12.1 Å². The van der Waals surface area contributed by atoms with E-state index in [1.807, 2.05) is 26.0 Å². The average Bonchev–Trinajstić information content (AvgIpc) is 2.56. The largest absolute Gasteiger partial charge is 0.379 e. The maximum absolute atomic E-state index is 13.0. The Bertz CT molecular complexity index is 505. The minimum Gasteiger partial charge on any atom is -0.379 e. The zero-order valence-electron chi connectivity index (χ0n) is 14.8. The molecule has 134 valence electrons. The summed E-state index contributed by atoms with van der Waals surface area (Å²) in [4.78, 5) is 14.6. The quantitative estimate of drug-likeness (QED) is 0.742. The van der Waals surface area contributed by atoms with Crippen molar-refractivity contribution in [3.05, 3.63) is 35.6 Å². The third-order valence-electron chi connectivity index (χ3n) is 4.27. The number of halogens is 1. The lowest BCUT2D eigenvalue weighted by atomic mass is 9.96. The molecule has 0 saturated carbocycles. The van der Waals surface area contributed by atoms with E-state index in [0.29, 0.717) is 13.2 Å². The van der Waals surface area contributed by atoms with Crippen LogP contribution in [0.1, 0.15) is 38.7 Å². The molecule has 0 spiro atoms. The van der Waals surface area contributed by atoms with Gasteiger partial charge in [0.2, 0.25) is 5.91 Å². The molecule has 1 unspecified atom stereocenters. The summed E-state index contributed by atoms with van der Waals surface area (Å²) in [5, 5.41) is 3.02. The summed E-state index contributed by atoms with van der Waals surface area (Å²) in [6.07, 6.45) is 3.04. The van der Waals surface area contributed by atoms with E-state index in [9.17, 15) is 9.18 Å². The third kappa shape index (κ3) is 6.57. The van der Waals surface area contributed by atoms with E-state index >= 15 is 0 Å². The molecule has 4 nitrogen and oxygen atoms in total. The number of hydrogen-bond acceptors (Lipinski definition) is 3. The molecule has 0 aromatic heterocycles. The van der Waals surface area contributed by atoms with Gasteiger partial charge in [0.25, 0.3) is 0 Å². The number of piperidine rings is 1. The molecule has 2 rings (SSSR count). The fraction of sp³-hybridized carbons (Fsp3) is 0.632. The fourth-order valence-electron chi connectivity index (χ4n) is 3.01. The molecule has 1 atom stereocenters. The molecule has 1 aliphatic rings. The van der Waals surface area contributed by atoms with Crippen molar-refractivity contribution in [1.82, 2.24) is 10.2 Å². The lowest BCUT2D eigenvalue weighted by Gasteiger charge is -2.32. The average molecular weight is 336 g/mol. The lowest BCUT2D eigenvalue weighted by molar-refractivity contribution is -0.126. The van der Waals surface area contributed by atoms with Crippen LogP contribution in [-0.4, -0.2) is 43.2 Å². The van der Waals surface area contributed by atoms with Crippen LogP contribution in [0.2, 0.25) is 0 Å². The summed E-state index contributed by atoms with van der Waals surface area (Å²) in [6.45, 7) is 7.90. The van der Waals surface area contributed by atoms with Crippen LogP contribution in [0.5, 0.6) is 0 Å². The van der Waals surface area contributed by atoms with Crippen LogP contribution in [0.25, 0.3) is 0 Å². The zero-order chi connectivity index (χ0) is 17.4. The second-order valence-electron chi connectivity index (χ2n) is 6.76. The summed E-state index contributed by atoms with van der Waals surface area (Å²) in [5.74, 6) is -0.0235. The van der Waals surface area contributed by atoms with Crippen LogP contribution in [0.15, 0.2) is 24.3 Å². The van der Waals surface area contributed by atoms with Crippen molar-refractivity contribution >= 4 is 5.91 Å². The monoisotopic (exact) mass is 336 g/mol. The summed E-state index contributed by atoms with van der Waals surface area (Å²) in [6, 6.07) is 6.60. The van der Waals surface area contributed by atoms with Gasteiger partial charge in [-0.3, -0.25) is 9.69 Å². The molecule has 5 heteroatoms. The van der Waals surface area contributed by atoms with Gasteiger partial charge in [-0.1, -0.05) is 12.1 Å². The van der Waals surface area contributed by atoms with Crippen molar-refractivity contribution in [2.24, 2.45) is 5.92 Å². The third-order valence-corrected chi connectivity index (χ3v) is 4.27. The molecule has 1 aromatic rings. The molecule has 0 bridgehead atoms. The Morgan fingerprint density at radius 3 is 2.83 bits per heavy atom. The minimum atomic E-state index is -0.212. The van der Waals surface area contributed by atoms with Gasteiger partial charge in [0.15, 0.2) is 0 Å². The predicted octanol–water partition coefficient (Wildman–Crippen LogP) is 2.97. The number of ether oxygens (including phenoxy) is 1. The normalized spacial score (nSPS) is 18.8. The number of hydrogen-bond donors (Lipinski definition) is 1. The first-order valence-electron chi connectivity index (χ1n) is 8.90. The van der Waals surface area contributed by atoms with Crippen LogP contribution >= 0.6 is 0 Å². The van der Waals surface area contributed by atoms with Crippen LogP contribution < -0.4 is 5.32 Å². The smallest absolute Gasteiger partial charge is 0.224 e. The summed E-state index contributed by atoms with van der Waals surface area (Å²) in [7, 11) is 0. The number of carbonyl (C=O) groups is 1. The molecule has 1 fully saturated rings. The molecule has 1 saturated heterocycles. The Morgan fingerprint density at radius 2 is 2.12 bits per heavy atom. The molecule has 1 amide bonds. The summed E-state index contributed by atoms with van der Waals surface area (Å²) in [5.41, 5.74) is 1.09. The predicted molar refractivity (Wildman–Crippen MR) is 93.1 cm³/mol. The first-order chi connectivity index (χ1) is 11.5. The molecule has 0 radical (unpaired) electrons. The molecular weight excluding hydrogens is 307 g/mol. The van der Waals surface area contributed by atoms with Crippen LogP contribution in [-0.2, 0) is 16.1 Å². The van der Waals surface area contributed by atoms with Gasteiger partial charge in [0, 0.05) is 26.2 Å². The van der Waals surface area contributed by atoms with E-state index < -0.39 is 0 Å². The standard InChI is InChI=1S/C19H29FN2O2/c1-15(2)24-12-4-10-21-19(23)17-5-3-11-22(14-17)13-16-6-8-18(20)9-7-16/h6-9,15,17H,3-5,10-14H2,1-2H3,(H,21,23). The molecule has 1 aliphatic heterocycles. The van der Waals surface area contributed by atoms with Crippen molar-refractivity contribution in [1.29, 1.82) is 0 Å². The van der Waals surface area contributed by atoms with Gasteiger partial charge in [-0.05, 0) is 57.4 Å². The Morgan fingerprint density at radius 1 is 1.38 bits per heavy atom. The summed E-state index contributed by atoms with van der Waals surface area (Å²) < 4.78 is 18.4. The first kappa shape index (κ1) is 18.9. The number of rotatable bonds is 8. The molecule has 1 aromatic carbocycles. The van der Waals surface area contributed by atoms with Gasteiger partial charge in [-0.15, -0.1) is 0 Å². The lowest BCUT2D eigenvalue weighted by Crippen LogP contribution is -2.43. The second kappa shape index (κ2) is 9.74. The van der Waals surface area contributed by atoms with Gasteiger partial charge in [-0.25, -0.2) is 4.39 Å². The van der Waals surface area contributed by atoms with Gasteiger partial charge >= 0.3 is 0 Å². The van der Waals surface area contributed by atoms with Crippen molar-refractivity contribution in [2.75, 3.05) is 26.2 Å². The molecule has 24 heavy (non-hydrogen) atoms. The number of benzene rings is 1. The molecule has 1 N–H and O–H groups in total. The zero-order valence-corrected chi connectivity index (χ0v) is 14.8. The molecular formula is C19H29FN2O2. The van der Waals surface area contributed by atoms with Gasteiger partial charge in [-0.2, -0.15) is 0 Å². The van der Waals surface area contributed by atoms with Gasteiger partial charge in [0.1, 0.15) is 5.82 Å². The van der Waals surface area contributed by atoms with Crippen molar-refractivity contribution in [2.45, 2.75) is 45.8 Å². The van der Waals surface area contributed by atoms with Crippen LogP contribution in [0.3, 0.4) is 0 Å². The van der Waals surface area contributed by atoms with E-state index in [-0.39, 0.29) is 23.7 Å². The highest BCUT2D eigenvalue weighted by Crippen LogP contribution is 2.19. The highest BCUT2D eigenvalue weighted by Gasteiger charge is 2.25. The van der Waals surface area contributed by atoms with Crippen LogP contribution in [0, 0.1) is 11.7 Å². The second-order valence-corrected chi connectivity index (χ2v) is 6.76. The summed E-state index contributed by atoms with van der Waals surface area (Å²) >= 11 is 0. The maximum atomic E-state index is 13.0. The minimum absolute atomic E-state index is 0.0465. The highest BCUT2D eigenvalue weighted by molar-refractivity contribution is 5.78. The Kier molecular flexibility index (Phi) is 7.66. The number of carbonyl (C=O) groups excluding carboxylic acids is 1. The van der Waals surface area contributed by atoms with Crippen LogP contribution in [0.4, 0.5) is 4.39 Å². The van der Waals surface area contributed by atoms with E-state index in [1.54, 1.807) is 0 Å². The highest BCUT2D eigenvalue weighted by atomic mass is 19.1. The van der Waals surface area contributed by atoms with Gasteiger partial charge in [0.05, 0.1) is 12.0 Å². The topological polar surface area (TPSA) is 41.6 Å². The first-order valence-corrected chi connectivity index (χ1v) is 8.90. The SMILES string of the molecule is CC(C)OCCCNC(=O)C1CCCN(Cc2ccc(F)cc2)C1. The van der Waals surface area contributed by atoms with E-state index in [0.717, 1.165) is 44.5 Å². The molecule has 1 heterocycles. The Balaban J connectivity index is 1.71. The Hall–Kier alpha value is -1.46. The van der Waals surface area contributed by atoms with E-state index in [2.05, 4.69) is 10.2 Å². The number of likely N-dealkylation sites (tertiary alicyclic amines) is 1. The molecule has 0 aliphatic carbocycles. The van der Waals surface area contributed by atoms with Crippen molar-refractivity contribution in [3.8, 4) is 0 Å². The number of nitrogens with zero attached hydrogens (tertiary/aromatic N) is 1. The fourth-order valence-corrected chi connectivity index (χ4v) is 3.01.